The van der Waals surface area contributed by atoms with Crippen LogP contribution in [-0.4, -0.2) is 13.2 Å². The minimum Gasteiger partial charge on any atom is -0.493 e. The number of ether oxygens (including phenoxy) is 2. The molecular formula is C16H23ClO2. The topological polar surface area (TPSA) is 18.5 Å². The number of hydrogen-bond acceptors (Lipinski definition) is 2. The highest BCUT2D eigenvalue weighted by atomic mass is 35.5. The first-order valence-electron chi connectivity index (χ1n) is 7.17. The molecule has 1 saturated carbocycles. The number of rotatable bonds is 5. The minimum absolute atomic E-state index is 0.303. The van der Waals surface area contributed by atoms with Crippen molar-refractivity contribution in [1.29, 1.82) is 0 Å². The van der Waals surface area contributed by atoms with Gasteiger partial charge in [0, 0.05) is 5.56 Å². The van der Waals surface area contributed by atoms with Crippen molar-refractivity contribution in [2.45, 2.75) is 51.0 Å². The molecule has 0 amide bonds. The number of para-hydroxylation sites is 1. The number of halogens is 1. The average molecular weight is 283 g/mol. The molecule has 1 aromatic carbocycles. The van der Waals surface area contributed by atoms with Crippen molar-refractivity contribution in [3.8, 4) is 11.5 Å². The van der Waals surface area contributed by atoms with Gasteiger partial charge in [-0.3, -0.25) is 0 Å². The smallest absolute Gasteiger partial charge is 0.165 e. The average Bonchev–Trinajstić information content (AvgIpc) is 2.47. The minimum atomic E-state index is 0.303. The molecule has 0 saturated heterocycles. The molecule has 1 aliphatic carbocycles. The van der Waals surface area contributed by atoms with Crippen LogP contribution in [0.1, 0.15) is 44.6 Å². The van der Waals surface area contributed by atoms with Gasteiger partial charge in [0.05, 0.1) is 19.1 Å². The molecule has 2 rings (SSSR count). The van der Waals surface area contributed by atoms with Crippen LogP contribution in [-0.2, 0) is 5.88 Å². The number of hydrogen-bond donors (Lipinski definition) is 0. The van der Waals surface area contributed by atoms with E-state index in [0.29, 0.717) is 12.0 Å². The van der Waals surface area contributed by atoms with Gasteiger partial charge in [0.15, 0.2) is 11.5 Å². The van der Waals surface area contributed by atoms with Crippen LogP contribution in [0, 0.1) is 5.92 Å². The highest BCUT2D eigenvalue weighted by molar-refractivity contribution is 6.17. The van der Waals surface area contributed by atoms with E-state index >= 15 is 0 Å². The van der Waals surface area contributed by atoms with Crippen LogP contribution < -0.4 is 9.47 Å². The van der Waals surface area contributed by atoms with E-state index in [2.05, 4.69) is 6.92 Å². The van der Waals surface area contributed by atoms with Gasteiger partial charge >= 0.3 is 0 Å². The Balaban J connectivity index is 2.13. The van der Waals surface area contributed by atoms with Crippen molar-refractivity contribution in [2.24, 2.45) is 5.92 Å². The summed E-state index contributed by atoms with van der Waals surface area (Å²) in [6, 6.07) is 5.90. The summed E-state index contributed by atoms with van der Waals surface area (Å²) in [5.74, 6) is 2.88. The Morgan fingerprint density at radius 1 is 1.32 bits per heavy atom. The Morgan fingerprint density at radius 2 is 2.16 bits per heavy atom. The second-order valence-corrected chi connectivity index (χ2v) is 5.53. The first-order chi connectivity index (χ1) is 9.28. The molecule has 19 heavy (non-hydrogen) atoms. The fourth-order valence-corrected chi connectivity index (χ4v) is 3.06. The summed E-state index contributed by atoms with van der Waals surface area (Å²) in [5, 5.41) is 0. The molecule has 2 nitrogen and oxygen atoms in total. The van der Waals surface area contributed by atoms with Crippen LogP contribution >= 0.6 is 11.6 Å². The van der Waals surface area contributed by atoms with Crippen LogP contribution in [0.5, 0.6) is 11.5 Å². The lowest BCUT2D eigenvalue weighted by Gasteiger charge is -2.30. The van der Waals surface area contributed by atoms with Crippen LogP contribution in [0.4, 0.5) is 0 Å². The molecule has 106 valence electrons. The maximum atomic E-state index is 6.22. The summed E-state index contributed by atoms with van der Waals surface area (Å²) in [4.78, 5) is 0. The monoisotopic (exact) mass is 282 g/mol. The zero-order chi connectivity index (χ0) is 13.7. The highest BCUT2D eigenvalue weighted by Crippen LogP contribution is 2.36. The van der Waals surface area contributed by atoms with E-state index in [4.69, 9.17) is 21.1 Å². The molecule has 1 fully saturated rings. The standard InChI is InChI=1S/C16H23ClO2/c1-3-12-6-4-8-14(10-12)19-16-13(11-17)7-5-9-15(16)18-2/h5,7,9,12,14H,3-4,6,8,10-11H2,1-2H3. The Labute approximate surface area is 121 Å². The molecule has 0 radical (unpaired) electrons. The molecule has 3 heteroatoms. The third-order valence-corrected chi connectivity index (χ3v) is 4.31. The molecule has 0 aliphatic heterocycles. The van der Waals surface area contributed by atoms with E-state index in [-0.39, 0.29) is 0 Å². The second kappa shape index (κ2) is 7.04. The van der Waals surface area contributed by atoms with Gasteiger partial charge in [0.25, 0.3) is 0 Å². The fourth-order valence-electron chi connectivity index (χ4n) is 2.85. The maximum absolute atomic E-state index is 6.22. The summed E-state index contributed by atoms with van der Waals surface area (Å²) >= 11 is 6.00. The van der Waals surface area contributed by atoms with E-state index in [1.807, 2.05) is 18.2 Å². The summed E-state index contributed by atoms with van der Waals surface area (Å²) < 4.78 is 11.6. The third kappa shape index (κ3) is 3.56. The summed E-state index contributed by atoms with van der Waals surface area (Å²) in [6.45, 7) is 2.26. The van der Waals surface area contributed by atoms with Gasteiger partial charge in [0.2, 0.25) is 0 Å². The van der Waals surface area contributed by atoms with Crippen molar-refractivity contribution in [2.75, 3.05) is 7.11 Å². The number of benzene rings is 1. The molecule has 0 heterocycles. The van der Waals surface area contributed by atoms with E-state index in [9.17, 15) is 0 Å². The lowest BCUT2D eigenvalue weighted by atomic mass is 9.85. The van der Waals surface area contributed by atoms with Gasteiger partial charge in [-0.25, -0.2) is 0 Å². The summed E-state index contributed by atoms with van der Waals surface area (Å²) in [7, 11) is 1.68. The van der Waals surface area contributed by atoms with Gasteiger partial charge in [-0.15, -0.1) is 11.6 Å². The molecule has 0 N–H and O–H groups in total. The van der Waals surface area contributed by atoms with E-state index in [1.165, 1.54) is 19.3 Å². The van der Waals surface area contributed by atoms with Crippen LogP contribution in [0.25, 0.3) is 0 Å². The summed E-state index contributed by atoms with van der Waals surface area (Å²) in [6.07, 6.45) is 6.43. The van der Waals surface area contributed by atoms with E-state index < -0.39 is 0 Å². The third-order valence-electron chi connectivity index (χ3n) is 4.02. The Kier molecular flexibility index (Phi) is 5.38. The highest BCUT2D eigenvalue weighted by Gasteiger charge is 2.24. The van der Waals surface area contributed by atoms with Crippen molar-refractivity contribution >= 4 is 11.6 Å². The molecule has 0 bridgehead atoms. The summed E-state index contributed by atoms with van der Waals surface area (Å²) in [5.41, 5.74) is 1.01. The van der Waals surface area contributed by atoms with Gasteiger partial charge in [-0.2, -0.15) is 0 Å². The predicted octanol–water partition coefficient (Wildman–Crippen LogP) is 4.78. The zero-order valence-corrected chi connectivity index (χ0v) is 12.6. The molecule has 1 aromatic rings. The van der Waals surface area contributed by atoms with E-state index in [0.717, 1.165) is 35.8 Å². The molecule has 0 aromatic heterocycles. The first kappa shape index (κ1) is 14.5. The Morgan fingerprint density at radius 3 is 2.84 bits per heavy atom. The normalized spacial score (nSPS) is 23.1. The van der Waals surface area contributed by atoms with E-state index in [1.54, 1.807) is 7.11 Å². The van der Waals surface area contributed by atoms with Crippen molar-refractivity contribution in [1.82, 2.24) is 0 Å². The van der Waals surface area contributed by atoms with Gasteiger partial charge in [-0.1, -0.05) is 31.9 Å². The second-order valence-electron chi connectivity index (χ2n) is 5.26. The quantitative estimate of drug-likeness (QED) is 0.724. The first-order valence-corrected chi connectivity index (χ1v) is 7.70. The van der Waals surface area contributed by atoms with Crippen molar-refractivity contribution in [3.63, 3.8) is 0 Å². The van der Waals surface area contributed by atoms with Gasteiger partial charge in [-0.05, 0) is 31.2 Å². The maximum Gasteiger partial charge on any atom is 0.165 e. The molecule has 1 aliphatic rings. The Hall–Kier alpha value is -0.890. The van der Waals surface area contributed by atoms with Gasteiger partial charge in [0.1, 0.15) is 0 Å². The largest absolute Gasteiger partial charge is 0.493 e. The predicted molar refractivity (Wildman–Crippen MR) is 79.2 cm³/mol. The lowest BCUT2D eigenvalue weighted by Crippen LogP contribution is -2.25. The fraction of sp³-hybridized carbons (Fsp3) is 0.625. The molecule has 2 atom stereocenters. The van der Waals surface area contributed by atoms with Gasteiger partial charge < -0.3 is 9.47 Å². The SMILES string of the molecule is CCC1CCCC(Oc2c(CCl)cccc2OC)C1. The van der Waals surface area contributed by atoms with Crippen LogP contribution in [0.3, 0.4) is 0 Å². The Bertz CT molecular complexity index is 383. The zero-order valence-electron chi connectivity index (χ0n) is 11.8. The van der Waals surface area contributed by atoms with Crippen LogP contribution in [0.15, 0.2) is 18.2 Å². The number of methoxy groups -OCH3 is 1. The molecule has 0 spiro atoms. The van der Waals surface area contributed by atoms with Crippen molar-refractivity contribution in [3.05, 3.63) is 23.8 Å². The molecule has 2 unspecified atom stereocenters. The lowest BCUT2D eigenvalue weighted by molar-refractivity contribution is 0.117. The number of alkyl halides is 1. The molecular weight excluding hydrogens is 260 g/mol. The van der Waals surface area contributed by atoms with Crippen molar-refractivity contribution < 1.29 is 9.47 Å². The van der Waals surface area contributed by atoms with Crippen LogP contribution in [0.2, 0.25) is 0 Å².